The largest absolute Gasteiger partial charge is 0.339 e. The molecule has 1 heterocycles. The second-order valence-corrected chi connectivity index (χ2v) is 5.14. The van der Waals surface area contributed by atoms with Crippen molar-refractivity contribution in [3.05, 3.63) is 44.5 Å². The van der Waals surface area contributed by atoms with E-state index in [1.54, 1.807) is 6.07 Å². The number of aryl methyl sites for hydroxylation is 1. The van der Waals surface area contributed by atoms with Gasteiger partial charge in [-0.05, 0) is 52.2 Å². The van der Waals surface area contributed by atoms with Crippen LogP contribution in [0.2, 0.25) is 10.3 Å². The molecule has 0 aliphatic heterocycles. The predicted molar refractivity (Wildman–Crippen MR) is 74.2 cm³/mol. The van der Waals surface area contributed by atoms with E-state index < -0.39 is 0 Å². The van der Waals surface area contributed by atoms with Gasteiger partial charge in [0.25, 0.3) is 0 Å². The Kier molecular flexibility index (Phi) is 4.04. The van der Waals surface area contributed by atoms with E-state index in [0.29, 0.717) is 21.0 Å². The van der Waals surface area contributed by atoms with Crippen molar-refractivity contribution in [1.29, 1.82) is 0 Å². The van der Waals surface area contributed by atoms with Gasteiger partial charge in [-0.25, -0.2) is 9.37 Å². The van der Waals surface area contributed by atoms with Crippen LogP contribution in [0.3, 0.4) is 0 Å². The van der Waals surface area contributed by atoms with Gasteiger partial charge < -0.3 is 5.32 Å². The number of aromatic nitrogens is 2. The molecular weight excluding hydrogens is 344 g/mol. The molecule has 1 aromatic heterocycles. The fourth-order valence-electron chi connectivity index (χ4n) is 1.34. The normalized spacial score (nSPS) is 10.5. The zero-order valence-corrected chi connectivity index (χ0v) is 12.2. The van der Waals surface area contributed by atoms with Crippen LogP contribution < -0.4 is 5.32 Å². The average Bonchev–Trinajstić information content (AvgIpc) is 2.30. The summed E-state index contributed by atoms with van der Waals surface area (Å²) in [6.07, 6.45) is 1.38. The summed E-state index contributed by atoms with van der Waals surface area (Å²) < 4.78 is 13.9. The first kappa shape index (κ1) is 13.5. The van der Waals surface area contributed by atoms with E-state index in [0.717, 1.165) is 5.56 Å². The van der Waals surface area contributed by atoms with Crippen molar-refractivity contribution in [1.82, 2.24) is 9.97 Å². The maximum atomic E-state index is 13.5. The van der Waals surface area contributed by atoms with Crippen LogP contribution in [0.4, 0.5) is 15.9 Å². The highest BCUT2D eigenvalue weighted by atomic mass is 79.9. The first-order valence-electron chi connectivity index (χ1n) is 4.88. The fourth-order valence-corrected chi connectivity index (χ4v) is 2.07. The zero-order chi connectivity index (χ0) is 13.3. The number of nitrogens with one attached hydrogen (secondary N) is 1. The molecule has 0 bridgehead atoms. The molecule has 0 aliphatic rings. The van der Waals surface area contributed by atoms with Gasteiger partial charge in [0.2, 0.25) is 5.28 Å². The maximum Gasteiger partial charge on any atom is 0.224 e. The van der Waals surface area contributed by atoms with Gasteiger partial charge in [-0.1, -0.05) is 11.6 Å². The van der Waals surface area contributed by atoms with Gasteiger partial charge in [-0.2, -0.15) is 4.98 Å². The van der Waals surface area contributed by atoms with E-state index in [2.05, 4.69) is 31.2 Å². The number of halogens is 4. The quantitative estimate of drug-likeness (QED) is 0.795. The van der Waals surface area contributed by atoms with Crippen molar-refractivity contribution in [3.8, 4) is 0 Å². The highest BCUT2D eigenvalue weighted by Gasteiger charge is 2.09. The molecule has 0 aliphatic carbocycles. The van der Waals surface area contributed by atoms with E-state index in [1.807, 2.05) is 6.92 Å². The molecule has 0 saturated heterocycles. The minimum atomic E-state index is -0.376. The Hall–Kier alpha value is -0.910. The second kappa shape index (κ2) is 5.38. The number of hydrogen-bond donors (Lipinski definition) is 1. The number of anilines is 2. The third-order valence-corrected chi connectivity index (χ3v) is 3.30. The monoisotopic (exact) mass is 349 g/mol. The molecule has 1 N–H and O–H groups in total. The maximum absolute atomic E-state index is 13.5. The molecule has 2 aromatic rings. The topological polar surface area (TPSA) is 37.8 Å². The summed E-state index contributed by atoms with van der Waals surface area (Å²) >= 11 is 14.7. The van der Waals surface area contributed by atoms with Crippen LogP contribution in [-0.2, 0) is 0 Å². The van der Waals surface area contributed by atoms with E-state index in [9.17, 15) is 4.39 Å². The van der Waals surface area contributed by atoms with Gasteiger partial charge in [0, 0.05) is 5.69 Å². The molecular formula is C11H7BrCl2FN3. The summed E-state index contributed by atoms with van der Waals surface area (Å²) in [5, 5.41) is 3.30. The summed E-state index contributed by atoms with van der Waals surface area (Å²) in [4.78, 5) is 7.67. The summed E-state index contributed by atoms with van der Waals surface area (Å²) in [6.45, 7) is 1.84. The van der Waals surface area contributed by atoms with E-state index in [1.165, 1.54) is 12.3 Å². The lowest BCUT2D eigenvalue weighted by Gasteiger charge is -2.11. The predicted octanol–water partition coefficient (Wildman–Crippen LogP) is 4.74. The molecule has 2 rings (SSSR count). The molecule has 1 aromatic carbocycles. The molecule has 0 amide bonds. The lowest BCUT2D eigenvalue weighted by atomic mass is 10.2. The molecule has 0 radical (unpaired) electrons. The molecule has 3 nitrogen and oxygen atoms in total. The number of rotatable bonds is 2. The van der Waals surface area contributed by atoms with Gasteiger partial charge >= 0.3 is 0 Å². The van der Waals surface area contributed by atoms with E-state index >= 15 is 0 Å². The summed E-state index contributed by atoms with van der Waals surface area (Å²) in [7, 11) is 0. The van der Waals surface area contributed by atoms with Gasteiger partial charge in [0.05, 0.1) is 10.7 Å². The Morgan fingerprint density at radius 3 is 2.78 bits per heavy atom. The standard InChI is InChI=1S/C11H7BrCl2FN3/c1-5-2-6(12)8(15)3-9(5)17-10-7(13)4-16-11(14)18-10/h2-4H,1H3,(H,16,17,18). The van der Waals surface area contributed by atoms with Gasteiger partial charge in [-0.15, -0.1) is 0 Å². The molecule has 0 unspecified atom stereocenters. The Labute approximate surface area is 121 Å². The van der Waals surface area contributed by atoms with Crippen LogP contribution >= 0.6 is 39.1 Å². The van der Waals surface area contributed by atoms with Crippen molar-refractivity contribution < 1.29 is 4.39 Å². The molecule has 0 fully saturated rings. The zero-order valence-electron chi connectivity index (χ0n) is 9.14. The van der Waals surface area contributed by atoms with Gasteiger partial charge in [0.15, 0.2) is 5.82 Å². The van der Waals surface area contributed by atoms with Crippen LogP contribution in [0.25, 0.3) is 0 Å². The van der Waals surface area contributed by atoms with Gasteiger partial charge in [0.1, 0.15) is 10.8 Å². The lowest BCUT2D eigenvalue weighted by Crippen LogP contribution is -1.99. The fraction of sp³-hybridized carbons (Fsp3) is 0.0909. The Morgan fingerprint density at radius 1 is 1.33 bits per heavy atom. The number of nitrogens with zero attached hydrogens (tertiary/aromatic N) is 2. The van der Waals surface area contributed by atoms with Crippen LogP contribution in [-0.4, -0.2) is 9.97 Å². The minimum Gasteiger partial charge on any atom is -0.339 e. The summed E-state index contributed by atoms with van der Waals surface area (Å²) in [5.41, 5.74) is 1.40. The van der Waals surface area contributed by atoms with Gasteiger partial charge in [-0.3, -0.25) is 0 Å². The molecule has 0 spiro atoms. The molecule has 94 valence electrons. The van der Waals surface area contributed by atoms with Crippen molar-refractivity contribution in [2.24, 2.45) is 0 Å². The average molecular weight is 351 g/mol. The van der Waals surface area contributed by atoms with Crippen LogP contribution in [0.5, 0.6) is 0 Å². The third-order valence-electron chi connectivity index (χ3n) is 2.24. The Balaban J connectivity index is 2.40. The molecule has 18 heavy (non-hydrogen) atoms. The highest BCUT2D eigenvalue weighted by Crippen LogP contribution is 2.29. The van der Waals surface area contributed by atoms with Crippen LogP contribution in [0.15, 0.2) is 22.8 Å². The summed E-state index contributed by atoms with van der Waals surface area (Å²) in [6, 6.07) is 3.01. The van der Waals surface area contributed by atoms with Crippen LogP contribution in [0.1, 0.15) is 5.56 Å². The molecule has 0 saturated carbocycles. The van der Waals surface area contributed by atoms with E-state index in [4.69, 9.17) is 23.2 Å². The minimum absolute atomic E-state index is 0.0668. The highest BCUT2D eigenvalue weighted by molar-refractivity contribution is 9.10. The first-order chi connectivity index (χ1) is 8.47. The second-order valence-electron chi connectivity index (χ2n) is 3.54. The van der Waals surface area contributed by atoms with Crippen molar-refractivity contribution in [3.63, 3.8) is 0 Å². The Bertz CT molecular complexity index is 607. The van der Waals surface area contributed by atoms with E-state index in [-0.39, 0.29) is 11.1 Å². The first-order valence-corrected chi connectivity index (χ1v) is 6.43. The lowest BCUT2D eigenvalue weighted by molar-refractivity contribution is 0.621. The number of hydrogen-bond acceptors (Lipinski definition) is 3. The molecule has 7 heteroatoms. The summed E-state index contributed by atoms with van der Waals surface area (Å²) in [5.74, 6) is -0.0409. The van der Waals surface area contributed by atoms with Crippen LogP contribution in [0, 0.1) is 12.7 Å². The smallest absolute Gasteiger partial charge is 0.224 e. The van der Waals surface area contributed by atoms with Crippen molar-refractivity contribution >= 4 is 50.6 Å². The SMILES string of the molecule is Cc1cc(Br)c(F)cc1Nc1nc(Cl)ncc1Cl. The van der Waals surface area contributed by atoms with Crippen molar-refractivity contribution in [2.75, 3.05) is 5.32 Å². The Morgan fingerprint density at radius 2 is 2.06 bits per heavy atom. The number of benzene rings is 1. The van der Waals surface area contributed by atoms with Crippen molar-refractivity contribution in [2.45, 2.75) is 6.92 Å². The third kappa shape index (κ3) is 2.91. The molecule has 0 atom stereocenters.